The molecule has 3 heteroatoms. The van der Waals surface area contributed by atoms with E-state index < -0.39 is 0 Å². The molecule has 1 aliphatic carbocycles. The van der Waals surface area contributed by atoms with Crippen LogP contribution in [0.15, 0.2) is 16.8 Å². The monoisotopic (exact) mass is 265 g/mol. The summed E-state index contributed by atoms with van der Waals surface area (Å²) in [6.07, 6.45) is 7.60. The average molecular weight is 265 g/mol. The van der Waals surface area contributed by atoms with E-state index in [4.69, 9.17) is 4.74 Å². The number of ether oxygens (including phenoxy) is 1. The van der Waals surface area contributed by atoms with Gasteiger partial charge in [0.25, 0.3) is 0 Å². The fraction of sp³-hybridized carbons (Fsp3) is 0.733. The van der Waals surface area contributed by atoms with Gasteiger partial charge in [0.05, 0.1) is 5.60 Å². The zero-order valence-corrected chi connectivity index (χ0v) is 12.0. The lowest BCUT2D eigenvalue weighted by Crippen LogP contribution is -2.50. The van der Waals surface area contributed by atoms with E-state index in [1.807, 2.05) is 0 Å². The van der Waals surface area contributed by atoms with Crippen LogP contribution in [0.1, 0.15) is 37.7 Å². The van der Waals surface area contributed by atoms with Crippen LogP contribution >= 0.6 is 11.3 Å². The molecule has 2 heterocycles. The largest absolute Gasteiger partial charge is 0.375 e. The fourth-order valence-corrected chi connectivity index (χ4v) is 4.18. The van der Waals surface area contributed by atoms with Gasteiger partial charge in [0.15, 0.2) is 0 Å². The summed E-state index contributed by atoms with van der Waals surface area (Å²) < 4.78 is 6.04. The Labute approximate surface area is 114 Å². The minimum atomic E-state index is 0.270. The first kappa shape index (κ1) is 12.6. The summed E-state index contributed by atoms with van der Waals surface area (Å²) in [6, 6.07) is 2.87. The van der Waals surface area contributed by atoms with E-state index in [9.17, 15) is 0 Å². The zero-order valence-electron chi connectivity index (χ0n) is 11.2. The van der Waals surface area contributed by atoms with Gasteiger partial charge in [0, 0.05) is 12.6 Å². The van der Waals surface area contributed by atoms with Crippen molar-refractivity contribution < 1.29 is 4.74 Å². The molecule has 18 heavy (non-hydrogen) atoms. The standard InChI is InChI=1S/C15H23NOS/c1-16-14(9-12-4-8-18-11-12)13-3-7-17-15(10-13)5-2-6-15/h4,8,11,13-14,16H,2-3,5-7,9-10H2,1H3. The van der Waals surface area contributed by atoms with Crippen LogP contribution in [0.2, 0.25) is 0 Å². The van der Waals surface area contributed by atoms with E-state index in [0.29, 0.717) is 6.04 Å². The molecule has 0 amide bonds. The number of thiophene rings is 1. The summed E-state index contributed by atoms with van der Waals surface area (Å²) in [5.41, 5.74) is 1.75. The second kappa shape index (κ2) is 5.32. The molecule has 0 radical (unpaired) electrons. The summed E-state index contributed by atoms with van der Waals surface area (Å²) in [5.74, 6) is 0.781. The van der Waals surface area contributed by atoms with Crippen molar-refractivity contribution >= 4 is 11.3 Å². The number of hydrogen-bond donors (Lipinski definition) is 1. The van der Waals surface area contributed by atoms with Crippen molar-refractivity contribution in [3.05, 3.63) is 22.4 Å². The van der Waals surface area contributed by atoms with Crippen LogP contribution in [0.25, 0.3) is 0 Å². The van der Waals surface area contributed by atoms with E-state index >= 15 is 0 Å². The first-order valence-electron chi connectivity index (χ1n) is 7.14. The molecule has 1 spiro atoms. The van der Waals surface area contributed by atoms with Crippen molar-refractivity contribution in [2.75, 3.05) is 13.7 Å². The smallest absolute Gasteiger partial charge is 0.0685 e. The maximum Gasteiger partial charge on any atom is 0.0685 e. The predicted octanol–water partition coefficient (Wildman–Crippen LogP) is 3.23. The molecule has 3 rings (SSSR count). The van der Waals surface area contributed by atoms with Gasteiger partial charge in [-0.3, -0.25) is 0 Å². The van der Waals surface area contributed by atoms with Crippen LogP contribution in [0.4, 0.5) is 0 Å². The third kappa shape index (κ3) is 2.49. The van der Waals surface area contributed by atoms with E-state index in [1.54, 1.807) is 11.3 Å². The van der Waals surface area contributed by atoms with Crippen LogP contribution in [-0.2, 0) is 11.2 Å². The summed E-state index contributed by atoms with van der Waals surface area (Å²) >= 11 is 1.80. The van der Waals surface area contributed by atoms with Gasteiger partial charge in [-0.1, -0.05) is 0 Å². The first-order chi connectivity index (χ1) is 8.81. The van der Waals surface area contributed by atoms with Crippen molar-refractivity contribution in [1.82, 2.24) is 5.32 Å². The Morgan fingerprint density at radius 3 is 3.06 bits per heavy atom. The summed E-state index contributed by atoms with van der Waals surface area (Å²) in [4.78, 5) is 0. The lowest BCUT2D eigenvalue weighted by molar-refractivity contribution is -0.146. The molecule has 2 fully saturated rings. The average Bonchev–Trinajstić information content (AvgIpc) is 2.87. The Morgan fingerprint density at radius 1 is 1.56 bits per heavy atom. The highest BCUT2D eigenvalue weighted by molar-refractivity contribution is 7.07. The SMILES string of the molecule is CNC(Cc1ccsc1)C1CCOC2(CCC2)C1. The van der Waals surface area contributed by atoms with E-state index in [-0.39, 0.29) is 5.60 Å². The molecular formula is C15H23NOS. The van der Waals surface area contributed by atoms with Gasteiger partial charge < -0.3 is 10.1 Å². The van der Waals surface area contributed by atoms with Crippen LogP contribution in [0, 0.1) is 5.92 Å². The number of likely N-dealkylation sites (N-methyl/N-ethyl adjacent to an activating group) is 1. The Kier molecular flexibility index (Phi) is 3.73. The van der Waals surface area contributed by atoms with Crippen molar-refractivity contribution in [2.24, 2.45) is 5.92 Å². The molecule has 1 aliphatic heterocycles. The number of nitrogens with one attached hydrogen (secondary N) is 1. The molecule has 1 saturated heterocycles. The molecule has 0 aromatic carbocycles. The molecule has 100 valence electrons. The van der Waals surface area contributed by atoms with Crippen molar-refractivity contribution in [3.8, 4) is 0 Å². The summed E-state index contributed by atoms with van der Waals surface area (Å²) in [6.45, 7) is 0.965. The first-order valence-corrected chi connectivity index (χ1v) is 8.08. The van der Waals surface area contributed by atoms with Crippen LogP contribution in [-0.4, -0.2) is 25.3 Å². The molecule has 0 bridgehead atoms. The topological polar surface area (TPSA) is 21.3 Å². The molecular weight excluding hydrogens is 242 g/mol. The van der Waals surface area contributed by atoms with Crippen molar-refractivity contribution in [2.45, 2.75) is 50.2 Å². The van der Waals surface area contributed by atoms with Gasteiger partial charge in [-0.25, -0.2) is 0 Å². The molecule has 1 N–H and O–H groups in total. The zero-order chi connectivity index (χ0) is 12.4. The highest BCUT2D eigenvalue weighted by Gasteiger charge is 2.43. The minimum absolute atomic E-state index is 0.270. The second-order valence-electron chi connectivity index (χ2n) is 5.87. The van der Waals surface area contributed by atoms with Gasteiger partial charge in [0.1, 0.15) is 0 Å². The van der Waals surface area contributed by atoms with Gasteiger partial charge in [-0.05, 0) is 73.9 Å². The van der Waals surface area contributed by atoms with Gasteiger partial charge >= 0.3 is 0 Å². The van der Waals surface area contributed by atoms with Crippen LogP contribution in [0.5, 0.6) is 0 Å². The van der Waals surface area contributed by atoms with Gasteiger partial charge in [-0.15, -0.1) is 0 Å². The van der Waals surface area contributed by atoms with Crippen molar-refractivity contribution in [3.63, 3.8) is 0 Å². The third-order valence-corrected chi connectivity index (χ3v) is 5.50. The van der Waals surface area contributed by atoms with E-state index in [1.165, 1.54) is 44.1 Å². The normalized spacial score (nSPS) is 27.9. The van der Waals surface area contributed by atoms with E-state index in [2.05, 4.69) is 29.2 Å². The quantitative estimate of drug-likeness (QED) is 0.902. The Balaban J connectivity index is 1.63. The number of rotatable bonds is 4. The van der Waals surface area contributed by atoms with Crippen LogP contribution in [0.3, 0.4) is 0 Å². The maximum absolute atomic E-state index is 6.04. The Bertz CT molecular complexity index is 372. The lowest BCUT2D eigenvalue weighted by atomic mass is 9.70. The molecule has 1 saturated carbocycles. The number of hydrogen-bond acceptors (Lipinski definition) is 3. The highest BCUT2D eigenvalue weighted by atomic mass is 32.1. The maximum atomic E-state index is 6.04. The van der Waals surface area contributed by atoms with Crippen LogP contribution < -0.4 is 5.32 Å². The summed E-state index contributed by atoms with van der Waals surface area (Å²) in [7, 11) is 2.11. The molecule has 2 atom stereocenters. The lowest BCUT2D eigenvalue weighted by Gasteiger charge is -2.48. The molecule has 2 unspecified atom stereocenters. The fourth-order valence-electron chi connectivity index (χ4n) is 3.50. The molecule has 2 nitrogen and oxygen atoms in total. The third-order valence-electron chi connectivity index (χ3n) is 4.77. The Hall–Kier alpha value is -0.380. The Morgan fingerprint density at radius 2 is 2.44 bits per heavy atom. The highest BCUT2D eigenvalue weighted by Crippen LogP contribution is 2.45. The second-order valence-corrected chi connectivity index (χ2v) is 6.65. The van der Waals surface area contributed by atoms with Crippen molar-refractivity contribution in [1.29, 1.82) is 0 Å². The molecule has 1 aromatic heterocycles. The van der Waals surface area contributed by atoms with Gasteiger partial charge in [-0.2, -0.15) is 11.3 Å². The summed E-state index contributed by atoms with van der Waals surface area (Å²) in [5, 5.41) is 8.01. The molecule has 2 aliphatic rings. The predicted molar refractivity (Wildman–Crippen MR) is 76.1 cm³/mol. The minimum Gasteiger partial charge on any atom is -0.375 e. The van der Waals surface area contributed by atoms with E-state index in [0.717, 1.165) is 12.5 Å². The van der Waals surface area contributed by atoms with Gasteiger partial charge in [0.2, 0.25) is 0 Å². The molecule has 1 aromatic rings.